The van der Waals surface area contributed by atoms with E-state index in [1.807, 2.05) is 30.3 Å². The number of ether oxygens (including phenoxy) is 1. The normalized spacial score (nSPS) is 19.0. The second kappa shape index (κ2) is 12.1. The number of benzene rings is 2. The number of rotatable bonds is 8. The first-order chi connectivity index (χ1) is 15.2. The molecule has 0 aliphatic carbocycles. The molecule has 1 amide bonds. The van der Waals surface area contributed by atoms with Crippen molar-refractivity contribution in [1.29, 1.82) is 0 Å². The van der Waals surface area contributed by atoms with Crippen LogP contribution in [0.15, 0.2) is 59.6 Å². The highest BCUT2D eigenvalue weighted by Crippen LogP contribution is 2.33. The van der Waals surface area contributed by atoms with Crippen LogP contribution in [-0.2, 0) is 11.2 Å². The van der Waals surface area contributed by atoms with Crippen LogP contribution in [0.2, 0.25) is 0 Å². The fourth-order valence-corrected chi connectivity index (χ4v) is 3.93. The van der Waals surface area contributed by atoms with Crippen LogP contribution in [0.4, 0.5) is 0 Å². The second-order valence-electron chi connectivity index (χ2n) is 7.78. The van der Waals surface area contributed by atoms with Crippen molar-refractivity contribution in [3.8, 4) is 0 Å². The number of nitrogens with zero attached hydrogens (tertiary/aromatic N) is 1. The van der Waals surface area contributed by atoms with Gasteiger partial charge in [-0.05, 0) is 49.4 Å². The van der Waals surface area contributed by atoms with Crippen molar-refractivity contribution in [3.05, 3.63) is 71.3 Å². The summed E-state index contributed by atoms with van der Waals surface area (Å²) in [4.78, 5) is 16.7. The van der Waals surface area contributed by atoms with E-state index in [1.54, 1.807) is 7.05 Å². The molecule has 1 aliphatic rings. The van der Waals surface area contributed by atoms with E-state index >= 15 is 0 Å². The number of carbonyl (C=O) groups excluding carboxylic acids is 1. The average molecular weight is 423 g/mol. The molecule has 1 heterocycles. The van der Waals surface area contributed by atoms with Gasteiger partial charge in [0.25, 0.3) is 5.91 Å². The first-order valence-corrected chi connectivity index (χ1v) is 11.2. The zero-order chi connectivity index (χ0) is 21.9. The lowest BCUT2D eigenvalue weighted by Crippen LogP contribution is -2.39. The third-order valence-electron chi connectivity index (χ3n) is 5.52. The summed E-state index contributed by atoms with van der Waals surface area (Å²) in [6.07, 6.45) is 3.12. The van der Waals surface area contributed by atoms with Gasteiger partial charge in [0.1, 0.15) is 0 Å². The molecule has 0 bridgehead atoms. The molecule has 1 fully saturated rings. The molecule has 2 aromatic rings. The van der Waals surface area contributed by atoms with Gasteiger partial charge in [0.15, 0.2) is 5.96 Å². The molecule has 2 aromatic carbocycles. The summed E-state index contributed by atoms with van der Waals surface area (Å²) in [5.41, 5.74) is 3.04. The third kappa shape index (κ3) is 6.82. The number of hydrogen-bond donors (Lipinski definition) is 3. The molecule has 0 spiro atoms. The Kier molecular flexibility index (Phi) is 8.91. The van der Waals surface area contributed by atoms with Gasteiger partial charge in [0.2, 0.25) is 0 Å². The maximum atomic E-state index is 11.8. The van der Waals surface area contributed by atoms with Crippen molar-refractivity contribution in [3.63, 3.8) is 0 Å². The van der Waals surface area contributed by atoms with Crippen molar-refractivity contribution in [2.45, 2.75) is 32.3 Å². The summed E-state index contributed by atoms with van der Waals surface area (Å²) in [6.45, 7) is 5.16. The molecule has 6 heteroatoms. The van der Waals surface area contributed by atoms with E-state index < -0.39 is 0 Å². The van der Waals surface area contributed by atoms with Crippen molar-refractivity contribution in [2.24, 2.45) is 10.9 Å². The Bertz CT molecular complexity index is 854. The molecular weight excluding hydrogens is 388 g/mol. The van der Waals surface area contributed by atoms with E-state index in [2.05, 4.69) is 47.1 Å². The lowest BCUT2D eigenvalue weighted by molar-refractivity contribution is -0.0250. The predicted octanol–water partition coefficient (Wildman–Crippen LogP) is 3.31. The first-order valence-electron chi connectivity index (χ1n) is 11.2. The molecule has 3 N–H and O–H groups in total. The predicted molar refractivity (Wildman–Crippen MR) is 125 cm³/mol. The fraction of sp³-hybridized carbons (Fsp3) is 0.440. The number of amides is 1. The summed E-state index contributed by atoms with van der Waals surface area (Å²) in [6, 6.07) is 18.2. The van der Waals surface area contributed by atoms with E-state index in [-0.39, 0.29) is 12.0 Å². The van der Waals surface area contributed by atoms with Crippen LogP contribution in [0.1, 0.15) is 47.4 Å². The highest BCUT2D eigenvalue weighted by atomic mass is 16.5. The van der Waals surface area contributed by atoms with Gasteiger partial charge in [-0.15, -0.1) is 0 Å². The number of nitrogens with one attached hydrogen (secondary N) is 3. The van der Waals surface area contributed by atoms with E-state index in [0.717, 1.165) is 57.0 Å². The smallest absolute Gasteiger partial charge is 0.251 e. The maximum absolute atomic E-state index is 11.8. The number of guanidine groups is 1. The third-order valence-corrected chi connectivity index (χ3v) is 5.52. The Morgan fingerprint density at radius 1 is 1.13 bits per heavy atom. The fourth-order valence-electron chi connectivity index (χ4n) is 3.93. The SMILES string of the molecule is CCNC(=NCC1CCCOC1c1ccccc1)NCCc1cccc(C(=O)NC)c1. The Morgan fingerprint density at radius 2 is 1.97 bits per heavy atom. The Hall–Kier alpha value is -2.86. The van der Waals surface area contributed by atoms with Crippen molar-refractivity contribution in [2.75, 3.05) is 33.3 Å². The van der Waals surface area contributed by atoms with Crippen LogP contribution in [-0.4, -0.2) is 45.2 Å². The molecular formula is C25H34N4O2. The molecule has 0 radical (unpaired) electrons. The van der Waals surface area contributed by atoms with E-state index in [4.69, 9.17) is 9.73 Å². The Balaban J connectivity index is 1.57. The maximum Gasteiger partial charge on any atom is 0.251 e. The molecule has 0 saturated carbocycles. The highest BCUT2D eigenvalue weighted by molar-refractivity contribution is 5.94. The molecule has 31 heavy (non-hydrogen) atoms. The first kappa shape index (κ1) is 22.8. The van der Waals surface area contributed by atoms with Gasteiger partial charge >= 0.3 is 0 Å². The molecule has 3 rings (SSSR count). The Labute approximate surface area is 185 Å². The zero-order valence-electron chi connectivity index (χ0n) is 18.6. The zero-order valence-corrected chi connectivity index (χ0v) is 18.6. The minimum Gasteiger partial charge on any atom is -0.373 e. The van der Waals surface area contributed by atoms with E-state index in [0.29, 0.717) is 11.5 Å². The second-order valence-corrected chi connectivity index (χ2v) is 7.78. The van der Waals surface area contributed by atoms with Crippen LogP contribution >= 0.6 is 0 Å². The molecule has 1 aliphatic heterocycles. The summed E-state index contributed by atoms with van der Waals surface area (Å²) in [7, 11) is 1.65. The standard InChI is InChI=1S/C25H34N4O2/c1-3-27-25(28-15-14-19-9-7-12-21(17-19)24(30)26-2)29-18-22-13-8-16-31-23(22)20-10-5-4-6-11-20/h4-7,9-12,17,22-23H,3,8,13-16,18H2,1-2H3,(H,26,30)(H2,27,28,29). The number of hydrogen-bond acceptors (Lipinski definition) is 3. The molecule has 2 unspecified atom stereocenters. The molecule has 2 atom stereocenters. The topological polar surface area (TPSA) is 74.8 Å². The highest BCUT2D eigenvalue weighted by Gasteiger charge is 2.27. The number of aliphatic imine (C=N–C) groups is 1. The average Bonchev–Trinajstić information content (AvgIpc) is 2.83. The minimum absolute atomic E-state index is 0.0626. The minimum atomic E-state index is -0.0626. The Morgan fingerprint density at radius 3 is 2.74 bits per heavy atom. The van der Waals surface area contributed by atoms with Gasteiger partial charge in [-0.1, -0.05) is 42.5 Å². The van der Waals surface area contributed by atoms with Gasteiger partial charge in [0.05, 0.1) is 6.10 Å². The van der Waals surface area contributed by atoms with Crippen molar-refractivity contribution >= 4 is 11.9 Å². The molecule has 6 nitrogen and oxygen atoms in total. The summed E-state index contributed by atoms with van der Waals surface area (Å²) >= 11 is 0. The van der Waals surface area contributed by atoms with Gasteiger partial charge in [-0.25, -0.2) is 0 Å². The van der Waals surface area contributed by atoms with Gasteiger partial charge in [-0.3, -0.25) is 9.79 Å². The summed E-state index contributed by atoms with van der Waals surface area (Å²) in [5, 5.41) is 9.43. The van der Waals surface area contributed by atoms with Crippen LogP contribution < -0.4 is 16.0 Å². The largest absolute Gasteiger partial charge is 0.373 e. The van der Waals surface area contributed by atoms with Crippen molar-refractivity contribution < 1.29 is 9.53 Å². The van der Waals surface area contributed by atoms with Crippen LogP contribution in [0.3, 0.4) is 0 Å². The lowest BCUT2D eigenvalue weighted by Gasteiger charge is -2.31. The van der Waals surface area contributed by atoms with Gasteiger partial charge < -0.3 is 20.7 Å². The number of carbonyl (C=O) groups is 1. The summed E-state index contributed by atoms with van der Waals surface area (Å²) in [5.74, 6) is 1.13. The van der Waals surface area contributed by atoms with Gasteiger partial charge in [0, 0.05) is 44.8 Å². The lowest BCUT2D eigenvalue weighted by atomic mass is 9.89. The van der Waals surface area contributed by atoms with Crippen molar-refractivity contribution in [1.82, 2.24) is 16.0 Å². The van der Waals surface area contributed by atoms with E-state index in [9.17, 15) is 4.79 Å². The quantitative estimate of drug-likeness (QED) is 0.451. The van der Waals surface area contributed by atoms with E-state index in [1.165, 1.54) is 5.56 Å². The summed E-state index contributed by atoms with van der Waals surface area (Å²) < 4.78 is 6.10. The van der Waals surface area contributed by atoms with Crippen LogP contribution in [0, 0.1) is 5.92 Å². The van der Waals surface area contributed by atoms with Gasteiger partial charge in [-0.2, -0.15) is 0 Å². The molecule has 0 aromatic heterocycles. The molecule has 166 valence electrons. The van der Waals surface area contributed by atoms with Crippen LogP contribution in [0.25, 0.3) is 0 Å². The monoisotopic (exact) mass is 422 g/mol. The molecule has 1 saturated heterocycles. The van der Waals surface area contributed by atoms with Crippen LogP contribution in [0.5, 0.6) is 0 Å².